The molecule has 0 aliphatic rings. The van der Waals surface area contributed by atoms with Crippen molar-refractivity contribution in [1.82, 2.24) is 5.32 Å². The number of carbonyl (C=O) groups excluding carboxylic acids is 1. The number of methoxy groups -OCH3 is 1. The Balaban J connectivity index is 1.81. The molecule has 2 atom stereocenters. The smallest absolute Gasteiger partial charge is 0.261 e. The first kappa shape index (κ1) is 18.6. The van der Waals surface area contributed by atoms with Gasteiger partial charge in [-0.1, -0.05) is 25.1 Å². The lowest BCUT2D eigenvalue weighted by atomic mass is 10.2. The number of para-hydroxylation sites is 1. The third-order valence-corrected chi connectivity index (χ3v) is 3.63. The lowest BCUT2D eigenvalue weighted by molar-refractivity contribution is -0.128. The molecule has 5 nitrogen and oxygen atoms in total. The Hall–Kier alpha value is -2.69. The van der Waals surface area contributed by atoms with Crippen LogP contribution in [0.2, 0.25) is 0 Å². The van der Waals surface area contributed by atoms with Gasteiger partial charge >= 0.3 is 0 Å². The van der Waals surface area contributed by atoms with Gasteiger partial charge in [0, 0.05) is 0 Å². The first-order valence-corrected chi connectivity index (χ1v) is 8.41. The monoisotopic (exact) mass is 343 g/mol. The molecule has 0 aromatic heterocycles. The summed E-state index contributed by atoms with van der Waals surface area (Å²) >= 11 is 0. The number of ether oxygens (including phenoxy) is 3. The molecule has 25 heavy (non-hydrogen) atoms. The minimum atomic E-state index is -0.522. The van der Waals surface area contributed by atoms with E-state index >= 15 is 0 Å². The SMILES string of the molecule is CC[C@H](Oc1ccccc1)C(=O)N[C@H](C)COc1ccc(OC)cc1. The van der Waals surface area contributed by atoms with E-state index in [9.17, 15) is 4.79 Å². The average Bonchev–Trinajstić information content (AvgIpc) is 2.65. The van der Waals surface area contributed by atoms with Gasteiger partial charge in [0.15, 0.2) is 6.10 Å². The molecule has 134 valence electrons. The molecule has 2 rings (SSSR count). The van der Waals surface area contributed by atoms with Crippen LogP contribution in [0.4, 0.5) is 0 Å². The van der Waals surface area contributed by atoms with E-state index in [1.165, 1.54) is 0 Å². The molecule has 0 heterocycles. The summed E-state index contributed by atoms with van der Waals surface area (Å²) in [5.41, 5.74) is 0. The van der Waals surface area contributed by atoms with E-state index in [4.69, 9.17) is 14.2 Å². The summed E-state index contributed by atoms with van der Waals surface area (Å²) in [6, 6.07) is 16.5. The quantitative estimate of drug-likeness (QED) is 0.758. The van der Waals surface area contributed by atoms with E-state index in [2.05, 4.69) is 5.32 Å². The van der Waals surface area contributed by atoms with E-state index in [1.807, 2.05) is 68.4 Å². The lowest BCUT2D eigenvalue weighted by Gasteiger charge is -2.20. The van der Waals surface area contributed by atoms with Crippen molar-refractivity contribution < 1.29 is 19.0 Å². The fraction of sp³-hybridized carbons (Fsp3) is 0.350. The Morgan fingerprint density at radius 3 is 2.24 bits per heavy atom. The second kappa shape index (κ2) is 9.57. The summed E-state index contributed by atoms with van der Waals surface area (Å²) in [5, 5.41) is 2.93. The summed E-state index contributed by atoms with van der Waals surface area (Å²) in [6.45, 7) is 4.20. The van der Waals surface area contributed by atoms with Crippen molar-refractivity contribution >= 4 is 5.91 Å². The van der Waals surface area contributed by atoms with Gasteiger partial charge in [0.05, 0.1) is 13.2 Å². The predicted octanol–water partition coefficient (Wildman–Crippen LogP) is 3.44. The third-order valence-electron chi connectivity index (χ3n) is 3.63. The normalized spacial score (nSPS) is 12.8. The van der Waals surface area contributed by atoms with Gasteiger partial charge in [-0.2, -0.15) is 0 Å². The average molecular weight is 343 g/mol. The van der Waals surface area contributed by atoms with Gasteiger partial charge in [0.25, 0.3) is 5.91 Å². The van der Waals surface area contributed by atoms with Crippen LogP contribution in [-0.4, -0.2) is 31.8 Å². The van der Waals surface area contributed by atoms with Crippen LogP contribution in [0.3, 0.4) is 0 Å². The predicted molar refractivity (Wildman–Crippen MR) is 97.2 cm³/mol. The molecule has 1 N–H and O–H groups in total. The molecule has 0 fully saturated rings. The summed E-state index contributed by atoms with van der Waals surface area (Å²) in [7, 11) is 1.62. The fourth-order valence-electron chi connectivity index (χ4n) is 2.26. The van der Waals surface area contributed by atoms with Crippen molar-refractivity contribution in [3.63, 3.8) is 0 Å². The molecule has 0 unspecified atom stereocenters. The van der Waals surface area contributed by atoms with Crippen molar-refractivity contribution in [3.05, 3.63) is 54.6 Å². The molecule has 0 radical (unpaired) electrons. The Labute approximate surface area is 148 Å². The summed E-state index contributed by atoms with van der Waals surface area (Å²) in [5.74, 6) is 2.05. The van der Waals surface area contributed by atoms with Crippen molar-refractivity contribution in [2.24, 2.45) is 0 Å². The molecule has 1 amide bonds. The highest BCUT2D eigenvalue weighted by Crippen LogP contribution is 2.17. The maximum absolute atomic E-state index is 12.4. The number of nitrogens with one attached hydrogen (secondary N) is 1. The van der Waals surface area contributed by atoms with Crippen LogP contribution in [0.15, 0.2) is 54.6 Å². The lowest BCUT2D eigenvalue weighted by Crippen LogP contribution is -2.44. The van der Waals surface area contributed by atoms with Crippen LogP contribution >= 0.6 is 0 Å². The highest BCUT2D eigenvalue weighted by Gasteiger charge is 2.20. The van der Waals surface area contributed by atoms with E-state index in [1.54, 1.807) is 7.11 Å². The van der Waals surface area contributed by atoms with Crippen molar-refractivity contribution in [3.8, 4) is 17.2 Å². The highest BCUT2D eigenvalue weighted by molar-refractivity contribution is 5.81. The van der Waals surface area contributed by atoms with Crippen LogP contribution in [0.5, 0.6) is 17.2 Å². The largest absolute Gasteiger partial charge is 0.497 e. The van der Waals surface area contributed by atoms with Crippen LogP contribution in [0, 0.1) is 0 Å². The molecule has 0 aliphatic heterocycles. The summed E-state index contributed by atoms with van der Waals surface area (Å²) < 4.78 is 16.5. The Bertz CT molecular complexity index is 643. The van der Waals surface area contributed by atoms with Gasteiger partial charge in [-0.25, -0.2) is 0 Å². The van der Waals surface area contributed by atoms with Gasteiger partial charge in [-0.3, -0.25) is 4.79 Å². The molecule has 2 aromatic carbocycles. The zero-order valence-corrected chi connectivity index (χ0v) is 14.9. The molecule has 0 aliphatic carbocycles. The zero-order valence-electron chi connectivity index (χ0n) is 14.9. The van der Waals surface area contributed by atoms with Gasteiger partial charge in [0.1, 0.15) is 23.9 Å². The number of hydrogen-bond donors (Lipinski definition) is 1. The fourth-order valence-corrected chi connectivity index (χ4v) is 2.26. The number of carbonyl (C=O) groups is 1. The Morgan fingerprint density at radius 2 is 1.64 bits per heavy atom. The molecule has 0 saturated carbocycles. The molecule has 0 bridgehead atoms. The number of rotatable bonds is 9. The second-order valence-electron chi connectivity index (χ2n) is 5.72. The van der Waals surface area contributed by atoms with Gasteiger partial charge < -0.3 is 19.5 Å². The summed E-state index contributed by atoms with van der Waals surface area (Å²) in [6.07, 6.45) is 0.0677. The van der Waals surface area contributed by atoms with Crippen LogP contribution in [0.1, 0.15) is 20.3 Å². The van der Waals surface area contributed by atoms with Crippen LogP contribution in [-0.2, 0) is 4.79 Å². The standard InChI is InChI=1S/C20H25NO4/c1-4-19(25-18-8-6-5-7-9-18)20(22)21-15(2)14-24-17-12-10-16(23-3)11-13-17/h5-13,15,19H,4,14H2,1-3H3,(H,21,22)/t15-,19+/m1/s1. The minimum Gasteiger partial charge on any atom is -0.497 e. The minimum absolute atomic E-state index is 0.136. The van der Waals surface area contributed by atoms with Crippen molar-refractivity contribution in [2.45, 2.75) is 32.4 Å². The molecule has 0 spiro atoms. The number of hydrogen-bond acceptors (Lipinski definition) is 4. The molecule has 5 heteroatoms. The van der Waals surface area contributed by atoms with E-state index < -0.39 is 6.10 Å². The molecule has 0 saturated heterocycles. The topological polar surface area (TPSA) is 56.8 Å². The maximum atomic E-state index is 12.4. The Morgan fingerprint density at radius 1 is 1.00 bits per heavy atom. The molecular weight excluding hydrogens is 318 g/mol. The van der Waals surface area contributed by atoms with E-state index in [0.29, 0.717) is 18.8 Å². The maximum Gasteiger partial charge on any atom is 0.261 e. The van der Waals surface area contributed by atoms with E-state index in [0.717, 1.165) is 11.5 Å². The van der Waals surface area contributed by atoms with Crippen LogP contribution < -0.4 is 19.5 Å². The Kier molecular flexibility index (Phi) is 7.14. The first-order valence-electron chi connectivity index (χ1n) is 8.41. The van der Waals surface area contributed by atoms with Crippen molar-refractivity contribution in [1.29, 1.82) is 0 Å². The van der Waals surface area contributed by atoms with Crippen molar-refractivity contribution in [2.75, 3.05) is 13.7 Å². The first-order chi connectivity index (χ1) is 12.1. The van der Waals surface area contributed by atoms with Gasteiger partial charge in [-0.15, -0.1) is 0 Å². The van der Waals surface area contributed by atoms with Gasteiger partial charge in [-0.05, 0) is 49.7 Å². The second-order valence-corrected chi connectivity index (χ2v) is 5.72. The molecular formula is C20H25NO4. The highest BCUT2D eigenvalue weighted by atomic mass is 16.5. The zero-order chi connectivity index (χ0) is 18.1. The summed E-state index contributed by atoms with van der Waals surface area (Å²) in [4.78, 5) is 12.4. The third kappa shape index (κ3) is 6.03. The number of amides is 1. The number of benzene rings is 2. The van der Waals surface area contributed by atoms with Gasteiger partial charge in [0.2, 0.25) is 0 Å². The molecule has 2 aromatic rings. The van der Waals surface area contributed by atoms with E-state index in [-0.39, 0.29) is 11.9 Å². The van der Waals surface area contributed by atoms with Crippen LogP contribution in [0.25, 0.3) is 0 Å².